The molecule has 0 aliphatic carbocycles. The predicted molar refractivity (Wildman–Crippen MR) is 60.5 cm³/mol. The monoisotopic (exact) mass is 206 g/mol. The molecule has 0 spiro atoms. The van der Waals surface area contributed by atoms with Crippen LogP contribution in [0.25, 0.3) is 0 Å². The molecule has 1 saturated heterocycles. The van der Waals surface area contributed by atoms with Crippen LogP contribution in [0.5, 0.6) is 5.75 Å². The van der Waals surface area contributed by atoms with Crippen LogP contribution in [0.1, 0.15) is 29.9 Å². The summed E-state index contributed by atoms with van der Waals surface area (Å²) in [6.45, 7) is 3.86. The molecule has 1 heterocycles. The average Bonchev–Trinajstić information content (AvgIpc) is 2.31. The normalized spacial score (nSPS) is 17.7. The zero-order valence-corrected chi connectivity index (χ0v) is 9.45. The molecule has 0 aromatic heterocycles. The van der Waals surface area contributed by atoms with Crippen molar-refractivity contribution in [3.63, 3.8) is 0 Å². The first-order chi connectivity index (χ1) is 7.31. The maximum absolute atomic E-state index is 5.37. The van der Waals surface area contributed by atoms with Crippen molar-refractivity contribution >= 4 is 0 Å². The summed E-state index contributed by atoms with van der Waals surface area (Å²) in [7, 11) is 1.73. The van der Waals surface area contributed by atoms with E-state index < -0.39 is 0 Å². The summed E-state index contributed by atoms with van der Waals surface area (Å²) in [5, 5.41) is 0. The van der Waals surface area contributed by atoms with Crippen LogP contribution in [0.2, 0.25) is 0 Å². The van der Waals surface area contributed by atoms with E-state index in [-0.39, 0.29) is 0 Å². The lowest BCUT2D eigenvalue weighted by Crippen LogP contribution is -2.14. The first kappa shape index (κ1) is 10.5. The Labute approximate surface area is 91.2 Å². The van der Waals surface area contributed by atoms with E-state index in [1.54, 1.807) is 7.11 Å². The van der Waals surface area contributed by atoms with Crippen LogP contribution in [-0.4, -0.2) is 20.3 Å². The summed E-state index contributed by atoms with van der Waals surface area (Å²) in [4.78, 5) is 0. The van der Waals surface area contributed by atoms with Gasteiger partial charge in [0.25, 0.3) is 0 Å². The molecule has 0 bridgehead atoms. The minimum absolute atomic E-state index is 0.647. The standard InChI is InChI=1S/C13H18O2/c1-10-3-4-12(9-13(10)14-2)11-5-7-15-8-6-11/h3-4,9,11H,5-8H2,1-2H3. The summed E-state index contributed by atoms with van der Waals surface area (Å²) in [5.74, 6) is 1.65. The van der Waals surface area contributed by atoms with Crippen LogP contribution in [-0.2, 0) is 4.74 Å². The van der Waals surface area contributed by atoms with Crippen molar-refractivity contribution in [1.29, 1.82) is 0 Å². The second-order valence-electron chi connectivity index (χ2n) is 4.12. The molecule has 1 aliphatic rings. The highest BCUT2D eigenvalue weighted by Crippen LogP contribution is 2.30. The van der Waals surface area contributed by atoms with E-state index in [4.69, 9.17) is 9.47 Å². The van der Waals surface area contributed by atoms with Crippen molar-refractivity contribution in [3.05, 3.63) is 29.3 Å². The molecule has 0 N–H and O–H groups in total. The molecule has 1 aliphatic heterocycles. The highest BCUT2D eigenvalue weighted by molar-refractivity contribution is 5.38. The van der Waals surface area contributed by atoms with E-state index in [1.165, 1.54) is 11.1 Å². The molecule has 1 fully saturated rings. The van der Waals surface area contributed by atoms with Crippen molar-refractivity contribution in [2.24, 2.45) is 0 Å². The van der Waals surface area contributed by atoms with Crippen LogP contribution in [0.15, 0.2) is 18.2 Å². The third-order valence-corrected chi connectivity index (χ3v) is 3.12. The van der Waals surface area contributed by atoms with Crippen molar-refractivity contribution in [2.45, 2.75) is 25.7 Å². The molecular weight excluding hydrogens is 188 g/mol. The maximum atomic E-state index is 5.37. The van der Waals surface area contributed by atoms with Gasteiger partial charge >= 0.3 is 0 Å². The van der Waals surface area contributed by atoms with E-state index in [0.29, 0.717) is 5.92 Å². The maximum Gasteiger partial charge on any atom is 0.122 e. The van der Waals surface area contributed by atoms with Crippen LogP contribution < -0.4 is 4.74 Å². The molecule has 0 unspecified atom stereocenters. The van der Waals surface area contributed by atoms with Crippen LogP contribution in [0.3, 0.4) is 0 Å². The Bertz CT molecular complexity index is 327. The molecular formula is C13H18O2. The zero-order valence-electron chi connectivity index (χ0n) is 9.45. The van der Waals surface area contributed by atoms with Gasteiger partial charge in [0.1, 0.15) is 5.75 Å². The lowest BCUT2D eigenvalue weighted by molar-refractivity contribution is 0.0853. The number of ether oxygens (including phenoxy) is 2. The van der Waals surface area contributed by atoms with Gasteiger partial charge in [0, 0.05) is 13.2 Å². The predicted octanol–water partition coefficient (Wildman–Crippen LogP) is 2.90. The molecule has 1 aromatic carbocycles. The fourth-order valence-corrected chi connectivity index (χ4v) is 2.12. The van der Waals surface area contributed by atoms with E-state index in [1.807, 2.05) is 0 Å². The molecule has 0 amide bonds. The highest BCUT2D eigenvalue weighted by Gasteiger charge is 2.16. The largest absolute Gasteiger partial charge is 0.496 e. The van der Waals surface area contributed by atoms with Gasteiger partial charge < -0.3 is 9.47 Å². The summed E-state index contributed by atoms with van der Waals surface area (Å²) >= 11 is 0. The van der Waals surface area contributed by atoms with Crippen molar-refractivity contribution in [2.75, 3.05) is 20.3 Å². The summed E-state index contributed by atoms with van der Waals surface area (Å²) in [6, 6.07) is 6.53. The average molecular weight is 206 g/mol. The van der Waals surface area contributed by atoms with Gasteiger partial charge in [-0.05, 0) is 42.9 Å². The minimum Gasteiger partial charge on any atom is -0.496 e. The Morgan fingerprint density at radius 2 is 2.00 bits per heavy atom. The van der Waals surface area contributed by atoms with Crippen molar-refractivity contribution < 1.29 is 9.47 Å². The number of hydrogen-bond donors (Lipinski definition) is 0. The van der Waals surface area contributed by atoms with E-state index in [0.717, 1.165) is 31.8 Å². The van der Waals surface area contributed by atoms with Gasteiger partial charge in [-0.25, -0.2) is 0 Å². The Morgan fingerprint density at radius 3 is 2.67 bits per heavy atom. The number of benzene rings is 1. The second kappa shape index (κ2) is 4.67. The van der Waals surface area contributed by atoms with Gasteiger partial charge in [0.2, 0.25) is 0 Å². The van der Waals surface area contributed by atoms with Gasteiger partial charge in [-0.1, -0.05) is 12.1 Å². The number of rotatable bonds is 2. The molecule has 82 valence electrons. The molecule has 0 radical (unpaired) electrons. The van der Waals surface area contributed by atoms with Crippen molar-refractivity contribution in [1.82, 2.24) is 0 Å². The topological polar surface area (TPSA) is 18.5 Å². The Kier molecular flexibility index (Phi) is 3.27. The Balaban J connectivity index is 2.20. The van der Waals surface area contributed by atoms with Crippen LogP contribution in [0, 0.1) is 6.92 Å². The van der Waals surface area contributed by atoms with Gasteiger partial charge in [-0.3, -0.25) is 0 Å². The third-order valence-electron chi connectivity index (χ3n) is 3.12. The third kappa shape index (κ3) is 2.32. The molecule has 2 rings (SSSR count). The Hall–Kier alpha value is -1.02. The second-order valence-corrected chi connectivity index (χ2v) is 4.12. The fraction of sp³-hybridized carbons (Fsp3) is 0.538. The summed E-state index contributed by atoms with van der Waals surface area (Å²) < 4.78 is 10.7. The van der Waals surface area contributed by atoms with Gasteiger partial charge in [0.15, 0.2) is 0 Å². The van der Waals surface area contributed by atoms with Crippen LogP contribution >= 0.6 is 0 Å². The first-order valence-corrected chi connectivity index (χ1v) is 5.53. The minimum atomic E-state index is 0.647. The SMILES string of the molecule is COc1cc(C2CCOCC2)ccc1C. The lowest BCUT2D eigenvalue weighted by Gasteiger charge is -2.23. The smallest absolute Gasteiger partial charge is 0.122 e. The molecule has 2 heteroatoms. The molecule has 0 saturated carbocycles. The van der Waals surface area contributed by atoms with E-state index >= 15 is 0 Å². The number of methoxy groups -OCH3 is 1. The van der Waals surface area contributed by atoms with Gasteiger partial charge in [-0.2, -0.15) is 0 Å². The molecule has 2 nitrogen and oxygen atoms in total. The quantitative estimate of drug-likeness (QED) is 0.740. The van der Waals surface area contributed by atoms with Crippen LogP contribution in [0.4, 0.5) is 0 Å². The summed E-state index contributed by atoms with van der Waals surface area (Å²) in [6.07, 6.45) is 2.26. The van der Waals surface area contributed by atoms with Gasteiger partial charge in [0.05, 0.1) is 7.11 Å². The highest BCUT2D eigenvalue weighted by atomic mass is 16.5. The number of hydrogen-bond acceptors (Lipinski definition) is 2. The zero-order chi connectivity index (χ0) is 10.7. The van der Waals surface area contributed by atoms with E-state index in [2.05, 4.69) is 25.1 Å². The van der Waals surface area contributed by atoms with Crippen molar-refractivity contribution in [3.8, 4) is 5.75 Å². The fourth-order valence-electron chi connectivity index (χ4n) is 2.12. The van der Waals surface area contributed by atoms with E-state index in [9.17, 15) is 0 Å². The van der Waals surface area contributed by atoms with Gasteiger partial charge in [-0.15, -0.1) is 0 Å². The molecule has 15 heavy (non-hydrogen) atoms. The Morgan fingerprint density at radius 1 is 1.27 bits per heavy atom. The molecule has 1 aromatic rings. The summed E-state index contributed by atoms with van der Waals surface area (Å²) in [5.41, 5.74) is 2.59. The lowest BCUT2D eigenvalue weighted by atomic mass is 9.91. The first-order valence-electron chi connectivity index (χ1n) is 5.53. The molecule has 0 atom stereocenters. The number of aryl methyl sites for hydroxylation is 1.